The van der Waals surface area contributed by atoms with Crippen molar-refractivity contribution in [1.82, 2.24) is 0 Å². The lowest BCUT2D eigenvalue weighted by atomic mass is 9.93. The van der Waals surface area contributed by atoms with Crippen LogP contribution in [0.2, 0.25) is 0 Å². The van der Waals surface area contributed by atoms with Gasteiger partial charge in [0.05, 0.1) is 12.5 Å². The Balaban J connectivity index is 2.36. The number of carbonyl (C=O) groups is 1. The highest BCUT2D eigenvalue weighted by Gasteiger charge is 2.25. The number of hydrogen-bond donors (Lipinski definition) is 3. The predicted octanol–water partition coefficient (Wildman–Crippen LogP) is 0.372. The van der Waals surface area contributed by atoms with Crippen molar-refractivity contribution in [2.45, 2.75) is 6.42 Å². The number of fused-ring (bicyclic) bond motifs is 1. The fourth-order valence-electron chi connectivity index (χ4n) is 1.64. The van der Waals surface area contributed by atoms with E-state index in [4.69, 9.17) is 10.8 Å². The van der Waals surface area contributed by atoms with Crippen molar-refractivity contribution in [2.75, 3.05) is 17.7 Å². The smallest absolute Gasteiger partial charge is 0.230 e. The van der Waals surface area contributed by atoms with Crippen molar-refractivity contribution in [3.63, 3.8) is 0 Å². The Morgan fingerprint density at radius 1 is 1.57 bits per heavy atom. The van der Waals surface area contributed by atoms with E-state index in [1.165, 1.54) is 0 Å². The van der Waals surface area contributed by atoms with Gasteiger partial charge in [-0.1, -0.05) is 0 Å². The summed E-state index contributed by atoms with van der Waals surface area (Å²) in [5.74, 6) is -0.464. The second kappa shape index (κ2) is 3.31. The molecule has 0 saturated carbocycles. The van der Waals surface area contributed by atoms with Crippen LogP contribution in [0.15, 0.2) is 18.2 Å². The molecule has 74 valence electrons. The number of carbonyl (C=O) groups excluding carboxylic acids is 1. The molecule has 1 atom stereocenters. The summed E-state index contributed by atoms with van der Waals surface area (Å²) >= 11 is 0. The number of benzene rings is 1. The Hall–Kier alpha value is -1.55. The summed E-state index contributed by atoms with van der Waals surface area (Å²) in [5, 5.41) is 11.7. The van der Waals surface area contributed by atoms with E-state index < -0.39 is 0 Å². The quantitative estimate of drug-likeness (QED) is 0.563. The highest BCUT2D eigenvalue weighted by molar-refractivity contribution is 5.96. The minimum atomic E-state index is -0.343. The first-order chi connectivity index (χ1) is 6.70. The molecule has 1 aromatic carbocycles. The van der Waals surface area contributed by atoms with E-state index in [9.17, 15) is 4.79 Å². The van der Waals surface area contributed by atoms with Gasteiger partial charge in [-0.2, -0.15) is 0 Å². The third-order valence-corrected chi connectivity index (χ3v) is 2.44. The predicted molar refractivity (Wildman–Crippen MR) is 53.8 cm³/mol. The summed E-state index contributed by atoms with van der Waals surface area (Å²) in [7, 11) is 0. The van der Waals surface area contributed by atoms with Crippen LogP contribution in [-0.4, -0.2) is 17.6 Å². The Morgan fingerprint density at radius 2 is 2.36 bits per heavy atom. The Labute approximate surface area is 81.7 Å². The summed E-state index contributed by atoms with van der Waals surface area (Å²) in [4.78, 5) is 11.4. The fourth-order valence-corrected chi connectivity index (χ4v) is 1.64. The number of hydrogen-bond acceptors (Lipinski definition) is 3. The van der Waals surface area contributed by atoms with Crippen molar-refractivity contribution >= 4 is 17.3 Å². The number of anilines is 2. The van der Waals surface area contributed by atoms with Gasteiger partial charge in [-0.25, -0.2) is 0 Å². The van der Waals surface area contributed by atoms with Gasteiger partial charge in [0.2, 0.25) is 5.91 Å². The van der Waals surface area contributed by atoms with Gasteiger partial charge in [0.25, 0.3) is 0 Å². The van der Waals surface area contributed by atoms with E-state index >= 15 is 0 Å². The first-order valence-electron chi connectivity index (χ1n) is 4.51. The third kappa shape index (κ3) is 1.44. The van der Waals surface area contributed by atoms with Crippen LogP contribution in [0, 0.1) is 5.92 Å². The number of aliphatic hydroxyl groups excluding tert-OH is 1. The standard InChI is InChI=1S/C10H12N2O2/c11-8-1-2-9-6(4-8)3-7(5-13)10(14)12-9/h1-2,4,7,13H,3,5,11H2,(H,12,14). The zero-order valence-corrected chi connectivity index (χ0v) is 7.66. The molecule has 0 fully saturated rings. The van der Waals surface area contributed by atoms with Crippen LogP contribution >= 0.6 is 0 Å². The van der Waals surface area contributed by atoms with Crippen LogP contribution in [0.3, 0.4) is 0 Å². The monoisotopic (exact) mass is 192 g/mol. The Bertz CT molecular complexity index is 376. The molecule has 1 aliphatic rings. The topological polar surface area (TPSA) is 75.3 Å². The minimum Gasteiger partial charge on any atom is -0.399 e. The molecule has 0 aliphatic carbocycles. The molecule has 0 radical (unpaired) electrons. The molecule has 1 unspecified atom stereocenters. The molecule has 0 spiro atoms. The van der Waals surface area contributed by atoms with Gasteiger partial charge in [-0.05, 0) is 30.2 Å². The molecule has 14 heavy (non-hydrogen) atoms. The van der Waals surface area contributed by atoms with Crippen molar-refractivity contribution in [2.24, 2.45) is 5.92 Å². The normalized spacial score (nSPS) is 20.1. The molecule has 0 saturated heterocycles. The number of nitrogens with two attached hydrogens (primary N) is 1. The SMILES string of the molecule is Nc1ccc2c(c1)CC(CO)C(=O)N2. The van der Waals surface area contributed by atoms with Gasteiger partial charge in [0.15, 0.2) is 0 Å². The molecule has 2 rings (SSSR count). The van der Waals surface area contributed by atoms with Crippen LogP contribution in [0.25, 0.3) is 0 Å². The van der Waals surface area contributed by atoms with Crippen LogP contribution in [0.4, 0.5) is 11.4 Å². The number of rotatable bonds is 1. The number of nitrogens with one attached hydrogen (secondary N) is 1. The zero-order chi connectivity index (χ0) is 10.1. The van der Waals surface area contributed by atoms with Crippen LogP contribution in [0.5, 0.6) is 0 Å². The second-order valence-electron chi connectivity index (χ2n) is 3.49. The Morgan fingerprint density at radius 3 is 3.07 bits per heavy atom. The Kier molecular flexibility index (Phi) is 2.13. The lowest BCUT2D eigenvalue weighted by Crippen LogP contribution is -2.32. The summed E-state index contributed by atoms with van der Waals surface area (Å²) in [5.41, 5.74) is 8.09. The van der Waals surface area contributed by atoms with E-state index in [1.807, 2.05) is 6.07 Å². The van der Waals surface area contributed by atoms with Gasteiger partial charge >= 0.3 is 0 Å². The summed E-state index contributed by atoms with van der Waals surface area (Å²) in [6.45, 7) is -0.125. The highest BCUT2D eigenvalue weighted by Crippen LogP contribution is 2.26. The van der Waals surface area contributed by atoms with Gasteiger partial charge < -0.3 is 16.2 Å². The van der Waals surface area contributed by atoms with Gasteiger partial charge in [-0.15, -0.1) is 0 Å². The van der Waals surface area contributed by atoms with Gasteiger partial charge in [-0.3, -0.25) is 4.79 Å². The zero-order valence-electron chi connectivity index (χ0n) is 7.66. The van der Waals surface area contributed by atoms with E-state index in [2.05, 4.69) is 5.32 Å². The fraction of sp³-hybridized carbons (Fsp3) is 0.300. The lowest BCUT2D eigenvalue weighted by Gasteiger charge is -2.23. The molecule has 1 amide bonds. The maximum Gasteiger partial charge on any atom is 0.230 e. The van der Waals surface area contributed by atoms with E-state index in [-0.39, 0.29) is 18.4 Å². The van der Waals surface area contributed by atoms with Crippen molar-refractivity contribution in [1.29, 1.82) is 0 Å². The molecule has 4 nitrogen and oxygen atoms in total. The lowest BCUT2D eigenvalue weighted by molar-refractivity contribution is -0.121. The van der Waals surface area contributed by atoms with Crippen molar-refractivity contribution in [3.8, 4) is 0 Å². The van der Waals surface area contributed by atoms with Crippen molar-refractivity contribution in [3.05, 3.63) is 23.8 Å². The summed E-state index contributed by atoms with van der Waals surface area (Å²) < 4.78 is 0. The molecule has 1 heterocycles. The van der Waals surface area contributed by atoms with E-state index in [0.29, 0.717) is 12.1 Å². The molecule has 0 aromatic heterocycles. The minimum absolute atomic E-state index is 0.121. The third-order valence-electron chi connectivity index (χ3n) is 2.44. The maximum absolute atomic E-state index is 11.4. The molecule has 4 heteroatoms. The first kappa shape index (κ1) is 9.02. The largest absolute Gasteiger partial charge is 0.399 e. The molecular formula is C10H12N2O2. The molecule has 1 aromatic rings. The summed E-state index contributed by atoms with van der Waals surface area (Å²) in [6.07, 6.45) is 0.558. The second-order valence-corrected chi connectivity index (χ2v) is 3.49. The van der Waals surface area contributed by atoms with E-state index in [1.54, 1.807) is 12.1 Å². The molecule has 4 N–H and O–H groups in total. The first-order valence-corrected chi connectivity index (χ1v) is 4.51. The number of nitrogen functional groups attached to an aromatic ring is 1. The van der Waals surface area contributed by atoms with Crippen molar-refractivity contribution < 1.29 is 9.90 Å². The van der Waals surface area contributed by atoms with Gasteiger partial charge in [0.1, 0.15) is 0 Å². The summed E-state index contributed by atoms with van der Waals surface area (Å²) in [6, 6.07) is 5.37. The van der Waals surface area contributed by atoms with E-state index in [0.717, 1.165) is 11.3 Å². The van der Waals surface area contributed by atoms with Crippen LogP contribution < -0.4 is 11.1 Å². The van der Waals surface area contributed by atoms with Gasteiger partial charge in [0, 0.05) is 11.4 Å². The number of aliphatic hydroxyl groups is 1. The molecule has 0 bridgehead atoms. The average Bonchev–Trinajstić information content (AvgIpc) is 2.17. The molecular weight excluding hydrogens is 180 g/mol. The highest BCUT2D eigenvalue weighted by atomic mass is 16.3. The van der Waals surface area contributed by atoms with Crippen LogP contribution in [-0.2, 0) is 11.2 Å². The molecule has 1 aliphatic heterocycles. The van der Waals surface area contributed by atoms with Crippen LogP contribution in [0.1, 0.15) is 5.56 Å². The number of amides is 1. The average molecular weight is 192 g/mol. The maximum atomic E-state index is 11.4.